The minimum Gasteiger partial charge on any atom is -0.365 e. The summed E-state index contributed by atoms with van der Waals surface area (Å²) in [5.74, 6) is 0.00172. The van der Waals surface area contributed by atoms with Crippen LogP contribution in [0.3, 0.4) is 0 Å². The van der Waals surface area contributed by atoms with Crippen molar-refractivity contribution < 1.29 is 9.53 Å². The van der Waals surface area contributed by atoms with E-state index in [9.17, 15) is 4.79 Å². The van der Waals surface area contributed by atoms with E-state index in [2.05, 4.69) is 53.5 Å². The Hall–Kier alpha value is -2.17. The number of carbonyl (C=O) groups excluding carboxylic acids is 1. The van der Waals surface area contributed by atoms with Gasteiger partial charge in [-0.05, 0) is 37.3 Å². The molecule has 2 aliphatic rings. The van der Waals surface area contributed by atoms with Crippen LogP contribution in [-0.2, 0) is 16.0 Å². The first-order chi connectivity index (χ1) is 13.2. The van der Waals surface area contributed by atoms with Crippen LogP contribution in [0.5, 0.6) is 0 Å². The summed E-state index contributed by atoms with van der Waals surface area (Å²) < 4.78 is 5.98. The second-order valence-electron chi connectivity index (χ2n) is 7.65. The standard InChI is InChI=1S/C23H28N2O2/c1-17-6-5-7-18(16-17)12-13-24-23(26)22-21(19-8-3-2-4-9-19)25(14-15-27-22)20-10-11-20/h2-9,16,20-22H,10-15H2,1H3,(H,24,26)/t21-,22+/m0/s1. The molecule has 1 saturated heterocycles. The molecule has 4 nitrogen and oxygen atoms in total. The average Bonchev–Trinajstić information content (AvgIpc) is 3.53. The predicted molar refractivity (Wildman–Crippen MR) is 107 cm³/mol. The molecule has 2 fully saturated rings. The lowest BCUT2D eigenvalue weighted by molar-refractivity contribution is -0.146. The van der Waals surface area contributed by atoms with Crippen LogP contribution < -0.4 is 5.32 Å². The monoisotopic (exact) mass is 364 g/mol. The van der Waals surface area contributed by atoms with Gasteiger partial charge < -0.3 is 10.1 Å². The van der Waals surface area contributed by atoms with Crippen molar-refractivity contribution in [3.63, 3.8) is 0 Å². The SMILES string of the molecule is Cc1cccc(CCNC(=O)[C@@H]2OCCN(C3CC3)[C@H]2c2ccccc2)c1. The minimum atomic E-state index is -0.445. The lowest BCUT2D eigenvalue weighted by Crippen LogP contribution is -2.52. The van der Waals surface area contributed by atoms with Crippen LogP contribution in [0.4, 0.5) is 0 Å². The summed E-state index contributed by atoms with van der Waals surface area (Å²) in [6.07, 6.45) is 2.85. The maximum Gasteiger partial charge on any atom is 0.251 e. The van der Waals surface area contributed by atoms with Crippen molar-refractivity contribution in [2.75, 3.05) is 19.7 Å². The number of rotatable bonds is 6. The van der Waals surface area contributed by atoms with Crippen molar-refractivity contribution >= 4 is 5.91 Å². The van der Waals surface area contributed by atoms with Gasteiger partial charge in [-0.15, -0.1) is 0 Å². The molecule has 2 atom stereocenters. The number of carbonyl (C=O) groups is 1. The van der Waals surface area contributed by atoms with E-state index in [-0.39, 0.29) is 11.9 Å². The summed E-state index contributed by atoms with van der Waals surface area (Å²) >= 11 is 0. The Kier molecular flexibility index (Phi) is 5.55. The fraction of sp³-hybridized carbons (Fsp3) is 0.435. The molecule has 1 saturated carbocycles. The molecule has 2 aromatic rings. The zero-order chi connectivity index (χ0) is 18.6. The van der Waals surface area contributed by atoms with Gasteiger partial charge in [-0.25, -0.2) is 0 Å². The fourth-order valence-electron chi connectivity index (χ4n) is 4.04. The molecular formula is C23H28N2O2. The highest BCUT2D eigenvalue weighted by atomic mass is 16.5. The Morgan fingerprint density at radius 2 is 1.96 bits per heavy atom. The van der Waals surface area contributed by atoms with Gasteiger partial charge in [0, 0.05) is 19.1 Å². The maximum atomic E-state index is 13.0. The van der Waals surface area contributed by atoms with Crippen LogP contribution in [0.2, 0.25) is 0 Å². The van der Waals surface area contributed by atoms with Gasteiger partial charge >= 0.3 is 0 Å². The van der Waals surface area contributed by atoms with E-state index in [4.69, 9.17) is 4.74 Å². The van der Waals surface area contributed by atoms with Crippen LogP contribution in [-0.4, -0.2) is 42.6 Å². The van der Waals surface area contributed by atoms with Crippen molar-refractivity contribution in [1.29, 1.82) is 0 Å². The quantitative estimate of drug-likeness (QED) is 0.855. The first kappa shape index (κ1) is 18.2. The Bertz CT molecular complexity index is 773. The molecule has 0 spiro atoms. The van der Waals surface area contributed by atoms with Gasteiger partial charge in [-0.1, -0.05) is 60.2 Å². The summed E-state index contributed by atoms with van der Waals surface area (Å²) in [5.41, 5.74) is 3.67. The number of amides is 1. The summed E-state index contributed by atoms with van der Waals surface area (Å²) in [7, 11) is 0. The molecular weight excluding hydrogens is 336 g/mol. The van der Waals surface area contributed by atoms with Crippen molar-refractivity contribution in [3.8, 4) is 0 Å². The minimum absolute atomic E-state index is 0.00172. The van der Waals surface area contributed by atoms with Gasteiger partial charge in [0.1, 0.15) is 0 Å². The summed E-state index contributed by atoms with van der Waals surface area (Å²) in [6, 6.07) is 19.4. The van der Waals surface area contributed by atoms with Gasteiger partial charge in [0.15, 0.2) is 6.10 Å². The zero-order valence-electron chi connectivity index (χ0n) is 15.9. The summed E-state index contributed by atoms with van der Waals surface area (Å²) in [5, 5.41) is 3.11. The first-order valence-corrected chi connectivity index (χ1v) is 9.98. The molecule has 4 heteroatoms. The third kappa shape index (κ3) is 4.40. The number of aryl methyl sites for hydroxylation is 1. The maximum absolute atomic E-state index is 13.0. The van der Waals surface area contributed by atoms with E-state index in [1.807, 2.05) is 18.2 Å². The van der Waals surface area contributed by atoms with Crippen LogP contribution in [0, 0.1) is 6.92 Å². The number of hydrogen-bond acceptors (Lipinski definition) is 3. The summed E-state index contributed by atoms with van der Waals surface area (Å²) in [6.45, 7) is 4.25. The molecule has 4 rings (SSSR count). The highest BCUT2D eigenvalue weighted by molar-refractivity contribution is 5.82. The van der Waals surface area contributed by atoms with Crippen molar-refractivity contribution in [3.05, 3.63) is 71.3 Å². The van der Waals surface area contributed by atoms with E-state index in [0.29, 0.717) is 19.2 Å². The van der Waals surface area contributed by atoms with E-state index in [1.165, 1.54) is 29.5 Å². The van der Waals surface area contributed by atoms with Crippen molar-refractivity contribution in [2.45, 2.75) is 44.4 Å². The average molecular weight is 364 g/mol. The molecule has 1 heterocycles. The van der Waals surface area contributed by atoms with Crippen LogP contribution in [0.15, 0.2) is 54.6 Å². The van der Waals surface area contributed by atoms with Crippen molar-refractivity contribution in [2.24, 2.45) is 0 Å². The molecule has 142 valence electrons. The Morgan fingerprint density at radius 1 is 1.15 bits per heavy atom. The van der Waals surface area contributed by atoms with Gasteiger partial charge in [0.05, 0.1) is 12.6 Å². The number of ether oxygens (including phenoxy) is 1. The molecule has 1 N–H and O–H groups in total. The largest absolute Gasteiger partial charge is 0.365 e. The molecule has 2 aromatic carbocycles. The van der Waals surface area contributed by atoms with Crippen LogP contribution >= 0.6 is 0 Å². The van der Waals surface area contributed by atoms with Gasteiger partial charge in [-0.2, -0.15) is 0 Å². The number of nitrogens with zero attached hydrogens (tertiary/aromatic N) is 1. The summed E-state index contributed by atoms with van der Waals surface area (Å²) in [4.78, 5) is 15.4. The molecule has 0 aromatic heterocycles. The van der Waals surface area contributed by atoms with E-state index < -0.39 is 6.10 Å². The van der Waals surface area contributed by atoms with Gasteiger partial charge in [0.25, 0.3) is 5.91 Å². The topological polar surface area (TPSA) is 41.6 Å². The first-order valence-electron chi connectivity index (χ1n) is 9.98. The number of benzene rings is 2. The lowest BCUT2D eigenvalue weighted by atomic mass is 9.97. The normalized spacial score (nSPS) is 23.1. The third-order valence-electron chi connectivity index (χ3n) is 5.50. The third-order valence-corrected chi connectivity index (χ3v) is 5.50. The van der Waals surface area contributed by atoms with Crippen molar-refractivity contribution in [1.82, 2.24) is 10.2 Å². The predicted octanol–water partition coefficient (Wildman–Crippen LogP) is 3.26. The molecule has 0 bridgehead atoms. The van der Waals surface area contributed by atoms with Gasteiger partial charge in [0.2, 0.25) is 0 Å². The molecule has 0 radical (unpaired) electrons. The van der Waals surface area contributed by atoms with E-state index >= 15 is 0 Å². The van der Waals surface area contributed by atoms with Gasteiger partial charge in [-0.3, -0.25) is 9.69 Å². The second-order valence-corrected chi connectivity index (χ2v) is 7.65. The molecule has 1 aliphatic heterocycles. The molecule has 27 heavy (non-hydrogen) atoms. The number of nitrogens with one attached hydrogen (secondary N) is 1. The Balaban J connectivity index is 1.44. The Labute approximate surface area is 161 Å². The lowest BCUT2D eigenvalue weighted by Gasteiger charge is -2.41. The highest BCUT2D eigenvalue weighted by Crippen LogP contribution is 2.38. The fourth-order valence-corrected chi connectivity index (χ4v) is 4.04. The van der Waals surface area contributed by atoms with Crippen LogP contribution in [0.25, 0.3) is 0 Å². The van der Waals surface area contributed by atoms with E-state index in [0.717, 1.165) is 13.0 Å². The molecule has 0 unspecified atom stereocenters. The smallest absolute Gasteiger partial charge is 0.251 e. The second kappa shape index (κ2) is 8.24. The number of morpholine rings is 1. The molecule has 1 aliphatic carbocycles. The van der Waals surface area contributed by atoms with Crippen LogP contribution in [0.1, 0.15) is 35.6 Å². The zero-order valence-corrected chi connectivity index (χ0v) is 15.9. The Morgan fingerprint density at radius 3 is 2.70 bits per heavy atom. The number of hydrogen-bond donors (Lipinski definition) is 1. The molecule has 1 amide bonds. The highest BCUT2D eigenvalue weighted by Gasteiger charge is 2.43. The van der Waals surface area contributed by atoms with E-state index in [1.54, 1.807) is 0 Å².